The molecule has 2 aromatic rings. The van der Waals surface area contributed by atoms with Gasteiger partial charge in [-0.05, 0) is 49.6 Å². The topological polar surface area (TPSA) is 96.0 Å². The number of hydrogen-bond acceptors (Lipinski definition) is 5. The minimum atomic E-state index is -4.05. The molecule has 1 N–H and O–H groups in total. The fourth-order valence-electron chi connectivity index (χ4n) is 4.20. The number of anilines is 1. The number of rotatable bonds is 10. The van der Waals surface area contributed by atoms with E-state index >= 15 is 0 Å². The van der Waals surface area contributed by atoms with Gasteiger partial charge in [-0.3, -0.25) is 13.9 Å². The van der Waals surface area contributed by atoms with Crippen molar-refractivity contribution >= 4 is 27.5 Å². The number of nitrogens with one attached hydrogen (secondary N) is 1. The van der Waals surface area contributed by atoms with Crippen LogP contribution in [-0.2, 0) is 26.2 Å². The lowest BCUT2D eigenvalue weighted by molar-refractivity contribution is -0.139. The van der Waals surface area contributed by atoms with Gasteiger partial charge < -0.3 is 15.0 Å². The SMILES string of the molecule is COc1cccc(CN(C(=O)CN(c2ccc(F)c(F)c2)S(C)(=O)=O)[C@@H](C)C(=O)NC2CCCC2)c1. The zero-order valence-corrected chi connectivity index (χ0v) is 21.4. The number of nitrogens with zero attached hydrogens (tertiary/aromatic N) is 2. The molecule has 196 valence electrons. The Morgan fingerprint density at radius 3 is 2.42 bits per heavy atom. The van der Waals surface area contributed by atoms with Crippen molar-refractivity contribution in [3.63, 3.8) is 0 Å². The quantitative estimate of drug-likeness (QED) is 0.516. The summed E-state index contributed by atoms with van der Waals surface area (Å²) in [7, 11) is -2.54. The maximum absolute atomic E-state index is 13.9. The summed E-state index contributed by atoms with van der Waals surface area (Å²) in [6, 6.07) is 8.64. The zero-order chi connectivity index (χ0) is 26.5. The predicted octanol–water partition coefficient (Wildman–Crippen LogP) is 3.22. The molecular weight excluding hydrogens is 492 g/mol. The molecule has 8 nitrogen and oxygen atoms in total. The van der Waals surface area contributed by atoms with Crippen LogP contribution in [0.25, 0.3) is 0 Å². The molecule has 0 aliphatic heterocycles. The maximum Gasteiger partial charge on any atom is 0.244 e. The monoisotopic (exact) mass is 523 g/mol. The molecule has 0 heterocycles. The van der Waals surface area contributed by atoms with Gasteiger partial charge >= 0.3 is 0 Å². The van der Waals surface area contributed by atoms with Crippen molar-refractivity contribution in [2.45, 2.75) is 51.2 Å². The van der Waals surface area contributed by atoms with E-state index in [1.54, 1.807) is 31.2 Å². The molecule has 1 aliphatic carbocycles. The second kappa shape index (κ2) is 11.7. The molecule has 11 heteroatoms. The largest absolute Gasteiger partial charge is 0.497 e. The molecule has 0 aromatic heterocycles. The molecule has 1 saturated carbocycles. The van der Waals surface area contributed by atoms with Crippen LogP contribution in [0.1, 0.15) is 38.2 Å². The van der Waals surface area contributed by atoms with Gasteiger partial charge in [-0.2, -0.15) is 0 Å². The van der Waals surface area contributed by atoms with Crippen LogP contribution in [0.3, 0.4) is 0 Å². The lowest BCUT2D eigenvalue weighted by Gasteiger charge is -2.32. The van der Waals surface area contributed by atoms with Gasteiger partial charge in [-0.25, -0.2) is 17.2 Å². The molecule has 3 rings (SSSR count). The Bertz CT molecular complexity index is 1200. The average Bonchev–Trinajstić information content (AvgIpc) is 3.34. The van der Waals surface area contributed by atoms with Crippen molar-refractivity contribution in [3.8, 4) is 5.75 Å². The summed E-state index contributed by atoms with van der Waals surface area (Å²) in [5.41, 5.74) is 0.469. The number of halogens is 2. The van der Waals surface area contributed by atoms with E-state index in [-0.39, 0.29) is 24.2 Å². The summed E-state index contributed by atoms with van der Waals surface area (Å²) in [6.45, 7) is 0.879. The highest BCUT2D eigenvalue weighted by molar-refractivity contribution is 7.92. The normalized spacial score (nSPS) is 14.8. The fourth-order valence-corrected chi connectivity index (χ4v) is 5.04. The first-order valence-corrected chi connectivity index (χ1v) is 13.5. The Kier molecular flexibility index (Phi) is 8.89. The number of amides is 2. The summed E-state index contributed by atoms with van der Waals surface area (Å²) < 4.78 is 58.2. The molecule has 0 radical (unpaired) electrons. The minimum Gasteiger partial charge on any atom is -0.497 e. The molecule has 2 aromatic carbocycles. The van der Waals surface area contributed by atoms with Crippen LogP contribution < -0.4 is 14.4 Å². The summed E-state index contributed by atoms with van der Waals surface area (Å²) in [4.78, 5) is 27.8. The van der Waals surface area contributed by atoms with Crippen LogP contribution >= 0.6 is 0 Å². The first-order valence-electron chi connectivity index (χ1n) is 11.6. The van der Waals surface area contributed by atoms with Gasteiger partial charge in [0, 0.05) is 18.7 Å². The number of methoxy groups -OCH3 is 1. The lowest BCUT2D eigenvalue weighted by atomic mass is 10.1. The maximum atomic E-state index is 13.9. The van der Waals surface area contributed by atoms with Crippen molar-refractivity contribution in [2.24, 2.45) is 0 Å². The summed E-state index contributed by atoms with van der Waals surface area (Å²) in [6.07, 6.45) is 4.62. The zero-order valence-electron chi connectivity index (χ0n) is 20.5. The molecule has 36 heavy (non-hydrogen) atoms. The van der Waals surface area contributed by atoms with Crippen molar-refractivity contribution in [2.75, 3.05) is 24.2 Å². The van der Waals surface area contributed by atoms with Gasteiger partial charge in [-0.15, -0.1) is 0 Å². The second-order valence-electron chi connectivity index (χ2n) is 8.91. The molecule has 0 saturated heterocycles. The van der Waals surface area contributed by atoms with Crippen LogP contribution in [0, 0.1) is 11.6 Å². The van der Waals surface area contributed by atoms with Crippen LogP contribution in [0.4, 0.5) is 14.5 Å². The molecule has 0 spiro atoms. The Balaban J connectivity index is 1.90. The highest BCUT2D eigenvalue weighted by Crippen LogP contribution is 2.23. The van der Waals surface area contributed by atoms with Crippen molar-refractivity contribution in [3.05, 3.63) is 59.7 Å². The molecule has 0 unspecified atom stereocenters. The highest BCUT2D eigenvalue weighted by atomic mass is 32.2. The third kappa shape index (κ3) is 6.93. The Labute approximate surface area is 210 Å². The Hall–Kier alpha value is -3.21. The first-order chi connectivity index (χ1) is 17.0. The minimum absolute atomic E-state index is 0.00463. The molecule has 0 bridgehead atoms. The standard InChI is InChI=1S/C25H31F2N3O5S/c1-17(25(32)28-19-8-4-5-9-19)29(15-18-7-6-10-21(13-18)35-2)24(31)16-30(36(3,33)34)20-11-12-22(26)23(27)14-20/h6-7,10-14,17,19H,4-5,8-9,15-16H2,1-3H3,(H,28,32)/t17-/m0/s1. The second-order valence-corrected chi connectivity index (χ2v) is 10.8. The number of benzene rings is 2. The number of carbonyl (C=O) groups excluding carboxylic acids is 2. The van der Waals surface area contributed by atoms with Crippen LogP contribution in [0.2, 0.25) is 0 Å². The molecule has 2 amide bonds. The fraction of sp³-hybridized carbons (Fsp3) is 0.440. The Morgan fingerprint density at radius 1 is 1.11 bits per heavy atom. The molecule has 1 fully saturated rings. The molecule has 1 aliphatic rings. The number of hydrogen-bond donors (Lipinski definition) is 1. The van der Waals surface area contributed by atoms with Gasteiger partial charge in [0.2, 0.25) is 21.8 Å². The first kappa shape index (κ1) is 27.4. The molecular formula is C25H31F2N3O5S. The van der Waals surface area contributed by atoms with Gasteiger partial charge in [0.25, 0.3) is 0 Å². The van der Waals surface area contributed by atoms with Crippen molar-refractivity contribution in [1.29, 1.82) is 0 Å². The summed E-state index contributed by atoms with van der Waals surface area (Å²) >= 11 is 0. The van der Waals surface area contributed by atoms with Gasteiger partial charge in [-0.1, -0.05) is 25.0 Å². The predicted molar refractivity (Wildman–Crippen MR) is 132 cm³/mol. The summed E-state index contributed by atoms with van der Waals surface area (Å²) in [5, 5.41) is 2.97. The van der Waals surface area contributed by atoms with Crippen molar-refractivity contribution < 1.29 is 31.5 Å². The van der Waals surface area contributed by atoms with E-state index < -0.39 is 40.2 Å². The van der Waals surface area contributed by atoms with Gasteiger partial charge in [0.1, 0.15) is 18.3 Å². The average molecular weight is 524 g/mol. The van der Waals surface area contributed by atoms with Crippen LogP contribution in [0.5, 0.6) is 5.75 Å². The number of carbonyl (C=O) groups is 2. The van der Waals surface area contributed by atoms with E-state index in [1.165, 1.54) is 12.0 Å². The van der Waals surface area contributed by atoms with E-state index in [1.807, 2.05) is 0 Å². The summed E-state index contributed by atoms with van der Waals surface area (Å²) in [5.74, 6) is -2.86. The Morgan fingerprint density at radius 2 is 1.81 bits per heavy atom. The lowest BCUT2D eigenvalue weighted by Crippen LogP contribution is -2.52. The van der Waals surface area contributed by atoms with E-state index in [0.717, 1.165) is 44.1 Å². The van der Waals surface area contributed by atoms with E-state index in [2.05, 4.69) is 5.32 Å². The van der Waals surface area contributed by atoms with Crippen LogP contribution in [-0.4, -0.2) is 57.1 Å². The van der Waals surface area contributed by atoms with E-state index in [0.29, 0.717) is 21.7 Å². The number of ether oxygens (including phenoxy) is 1. The highest BCUT2D eigenvalue weighted by Gasteiger charge is 2.31. The third-order valence-electron chi connectivity index (χ3n) is 6.23. The van der Waals surface area contributed by atoms with E-state index in [9.17, 15) is 26.8 Å². The van der Waals surface area contributed by atoms with E-state index in [4.69, 9.17) is 4.74 Å². The van der Waals surface area contributed by atoms with Crippen molar-refractivity contribution in [1.82, 2.24) is 10.2 Å². The van der Waals surface area contributed by atoms with Crippen LogP contribution in [0.15, 0.2) is 42.5 Å². The smallest absolute Gasteiger partial charge is 0.244 e. The van der Waals surface area contributed by atoms with Gasteiger partial charge in [0.15, 0.2) is 11.6 Å². The third-order valence-corrected chi connectivity index (χ3v) is 7.37. The van der Waals surface area contributed by atoms with Gasteiger partial charge in [0.05, 0.1) is 19.1 Å². The molecule has 1 atom stereocenters. The number of sulfonamides is 1.